The van der Waals surface area contributed by atoms with Crippen molar-refractivity contribution in [3.05, 3.63) is 53.8 Å². The molecule has 0 atom stereocenters. The van der Waals surface area contributed by atoms with Gasteiger partial charge in [0.1, 0.15) is 5.82 Å². The summed E-state index contributed by atoms with van der Waals surface area (Å²) in [6.07, 6.45) is 0. The smallest absolute Gasteiger partial charge is 0.238 e. The number of anilines is 1. The van der Waals surface area contributed by atoms with Gasteiger partial charge in [-0.25, -0.2) is 4.39 Å². The predicted octanol–water partition coefficient (Wildman–Crippen LogP) is 1.77. The summed E-state index contributed by atoms with van der Waals surface area (Å²) in [7, 11) is 1.91. The molecule has 0 spiro atoms. The van der Waals surface area contributed by atoms with E-state index in [2.05, 4.69) is 5.32 Å². The zero-order valence-corrected chi connectivity index (χ0v) is 18.1. The molecule has 1 saturated heterocycles. The topological polar surface area (TPSA) is 74.4 Å². The molecule has 2 aliphatic rings. The minimum Gasteiger partial charge on any atom is -0.454 e. The zero-order chi connectivity index (χ0) is 22.5. The Hall–Kier alpha value is -3.17. The molecule has 0 aromatic heterocycles. The van der Waals surface area contributed by atoms with Gasteiger partial charge in [-0.15, -0.1) is 0 Å². The fraction of sp³-hybridized carbons (Fsp3) is 0.391. The van der Waals surface area contributed by atoms with E-state index in [9.17, 15) is 14.0 Å². The summed E-state index contributed by atoms with van der Waals surface area (Å²) in [5.74, 6) is 0.962. The molecule has 0 unspecified atom stereocenters. The van der Waals surface area contributed by atoms with Crippen LogP contribution in [0.25, 0.3) is 0 Å². The molecule has 2 aromatic carbocycles. The molecule has 0 saturated carbocycles. The lowest BCUT2D eigenvalue weighted by molar-refractivity contribution is -0.134. The van der Waals surface area contributed by atoms with E-state index in [0.717, 1.165) is 17.1 Å². The number of amides is 2. The second-order valence-electron chi connectivity index (χ2n) is 8.08. The van der Waals surface area contributed by atoms with Crippen LogP contribution in [0.15, 0.2) is 42.5 Å². The minimum absolute atomic E-state index is 0.0668. The third-order valence-corrected chi connectivity index (χ3v) is 5.50. The van der Waals surface area contributed by atoms with E-state index in [1.54, 1.807) is 12.1 Å². The van der Waals surface area contributed by atoms with Gasteiger partial charge in [0.15, 0.2) is 11.5 Å². The van der Waals surface area contributed by atoms with Crippen LogP contribution in [0, 0.1) is 5.82 Å². The second kappa shape index (κ2) is 9.97. The predicted molar refractivity (Wildman–Crippen MR) is 117 cm³/mol. The first-order valence-corrected chi connectivity index (χ1v) is 10.6. The molecule has 32 heavy (non-hydrogen) atoms. The molecular weight excluding hydrogens is 415 g/mol. The zero-order valence-electron chi connectivity index (χ0n) is 18.1. The maximum atomic E-state index is 13.2. The molecule has 170 valence electrons. The van der Waals surface area contributed by atoms with Crippen molar-refractivity contribution in [2.75, 3.05) is 58.4 Å². The van der Waals surface area contributed by atoms with E-state index in [0.29, 0.717) is 45.0 Å². The molecule has 2 aliphatic heterocycles. The Kier molecular flexibility index (Phi) is 6.87. The third kappa shape index (κ3) is 5.74. The van der Waals surface area contributed by atoms with Crippen LogP contribution in [-0.2, 0) is 16.1 Å². The summed E-state index contributed by atoms with van der Waals surface area (Å²) in [6.45, 7) is 3.78. The molecule has 0 radical (unpaired) electrons. The first-order chi connectivity index (χ1) is 15.5. The number of nitrogens with one attached hydrogen (secondary N) is 1. The van der Waals surface area contributed by atoms with Gasteiger partial charge in [0.2, 0.25) is 18.6 Å². The van der Waals surface area contributed by atoms with Crippen LogP contribution in [0.5, 0.6) is 11.5 Å². The fourth-order valence-electron chi connectivity index (χ4n) is 3.86. The van der Waals surface area contributed by atoms with Crippen molar-refractivity contribution < 1.29 is 23.5 Å². The molecular formula is C23H27FN4O4. The van der Waals surface area contributed by atoms with Crippen molar-refractivity contribution in [3.63, 3.8) is 0 Å². The summed E-state index contributed by atoms with van der Waals surface area (Å²) >= 11 is 0. The van der Waals surface area contributed by atoms with Gasteiger partial charge < -0.3 is 19.7 Å². The van der Waals surface area contributed by atoms with Gasteiger partial charge in [-0.1, -0.05) is 12.1 Å². The normalized spacial score (nSPS) is 15.8. The quantitative estimate of drug-likeness (QED) is 0.705. The number of carbonyl (C=O) groups excluding carboxylic acids is 2. The number of ether oxygens (including phenoxy) is 2. The van der Waals surface area contributed by atoms with Crippen LogP contribution in [0.3, 0.4) is 0 Å². The van der Waals surface area contributed by atoms with Gasteiger partial charge in [0.05, 0.1) is 13.1 Å². The Balaban J connectivity index is 1.19. The van der Waals surface area contributed by atoms with Gasteiger partial charge in [-0.3, -0.25) is 19.4 Å². The molecule has 1 N–H and O–H groups in total. The number of benzene rings is 2. The summed E-state index contributed by atoms with van der Waals surface area (Å²) < 4.78 is 24.0. The highest BCUT2D eigenvalue weighted by Gasteiger charge is 2.23. The Morgan fingerprint density at radius 2 is 1.84 bits per heavy atom. The van der Waals surface area contributed by atoms with Crippen LogP contribution >= 0.6 is 0 Å². The molecule has 0 bridgehead atoms. The molecule has 2 aromatic rings. The lowest BCUT2D eigenvalue weighted by atomic mass is 10.2. The highest BCUT2D eigenvalue weighted by atomic mass is 19.1. The van der Waals surface area contributed by atoms with Gasteiger partial charge >= 0.3 is 0 Å². The third-order valence-electron chi connectivity index (χ3n) is 5.50. The molecule has 0 aliphatic carbocycles. The average molecular weight is 442 g/mol. The van der Waals surface area contributed by atoms with Crippen molar-refractivity contribution in [3.8, 4) is 11.5 Å². The SMILES string of the molecule is CN(CC(=O)N1CCN(CC(=O)Nc2cccc(F)c2)CC1)Cc1ccc2c(c1)OCO2. The molecule has 8 nitrogen and oxygen atoms in total. The molecule has 4 rings (SSSR count). The molecule has 2 amide bonds. The van der Waals surface area contributed by atoms with Crippen LogP contribution < -0.4 is 14.8 Å². The first kappa shape index (κ1) is 22.0. The highest BCUT2D eigenvalue weighted by Crippen LogP contribution is 2.32. The maximum absolute atomic E-state index is 13.2. The lowest BCUT2D eigenvalue weighted by Gasteiger charge is -2.35. The first-order valence-electron chi connectivity index (χ1n) is 10.6. The van der Waals surface area contributed by atoms with E-state index in [1.807, 2.05) is 39.9 Å². The van der Waals surface area contributed by atoms with Crippen molar-refractivity contribution >= 4 is 17.5 Å². The number of fused-ring (bicyclic) bond motifs is 1. The van der Waals surface area contributed by atoms with Crippen molar-refractivity contribution in [1.29, 1.82) is 0 Å². The summed E-state index contributed by atoms with van der Waals surface area (Å²) in [6, 6.07) is 11.6. The monoisotopic (exact) mass is 442 g/mol. The summed E-state index contributed by atoms with van der Waals surface area (Å²) in [5.41, 5.74) is 1.49. The second-order valence-corrected chi connectivity index (χ2v) is 8.08. The van der Waals surface area contributed by atoms with Crippen LogP contribution in [0.4, 0.5) is 10.1 Å². The fourth-order valence-corrected chi connectivity index (χ4v) is 3.86. The van der Waals surface area contributed by atoms with E-state index < -0.39 is 5.82 Å². The summed E-state index contributed by atoms with van der Waals surface area (Å²) in [5, 5.41) is 2.70. The van der Waals surface area contributed by atoms with E-state index in [4.69, 9.17) is 9.47 Å². The van der Waals surface area contributed by atoms with Gasteiger partial charge in [0, 0.05) is 38.4 Å². The standard InChI is InChI=1S/C23H27FN4O4/c1-26(13-17-5-6-20-21(11-17)32-16-31-20)15-23(30)28-9-7-27(8-10-28)14-22(29)25-19-4-2-3-18(24)12-19/h2-6,11-12H,7-10,13-16H2,1H3,(H,25,29). The molecule has 1 fully saturated rings. The number of carbonyl (C=O) groups is 2. The minimum atomic E-state index is -0.390. The largest absolute Gasteiger partial charge is 0.454 e. The highest BCUT2D eigenvalue weighted by molar-refractivity contribution is 5.92. The Morgan fingerprint density at radius 3 is 2.62 bits per heavy atom. The molecule has 2 heterocycles. The Bertz CT molecular complexity index is 978. The van der Waals surface area contributed by atoms with Gasteiger partial charge in [-0.05, 0) is 42.9 Å². The van der Waals surface area contributed by atoms with E-state index >= 15 is 0 Å². The van der Waals surface area contributed by atoms with Gasteiger partial charge in [0.25, 0.3) is 0 Å². The number of halogens is 1. The average Bonchev–Trinajstić information content (AvgIpc) is 3.22. The van der Waals surface area contributed by atoms with Gasteiger partial charge in [-0.2, -0.15) is 0 Å². The van der Waals surface area contributed by atoms with Crippen LogP contribution in [0.1, 0.15) is 5.56 Å². The van der Waals surface area contributed by atoms with Crippen molar-refractivity contribution in [2.24, 2.45) is 0 Å². The summed E-state index contributed by atoms with van der Waals surface area (Å²) in [4.78, 5) is 30.7. The number of hydrogen-bond donors (Lipinski definition) is 1. The number of likely N-dealkylation sites (N-methyl/N-ethyl adjacent to an activating group) is 1. The molecule has 9 heteroatoms. The number of hydrogen-bond acceptors (Lipinski definition) is 6. The van der Waals surface area contributed by atoms with Crippen molar-refractivity contribution in [1.82, 2.24) is 14.7 Å². The van der Waals surface area contributed by atoms with E-state index in [-0.39, 0.29) is 25.2 Å². The number of nitrogens with zero attached hydrogens (tertiary/aromatic N) is 3. The van der Waals surface area contributed by atoms with E-state index in [1.165, 1.54) is 12.1 Å². The van der Waals surface area contributed by atoms with Crippen LogP contribution in [0.2, 0.25) is 0 Å². The number of rotatable bonds is 7. The van der Waals surface area contributed by atoms with Crippen LogP contribution in [-0.4, -0.2) is 79.6 Å². The Morgan fingerprint density at radius 1 is 1.06 bits per heavy atom. The Labute approximate surface area is 186 Å². The maximum Gasteiger partial charge on any atom is 0.238 e. The lowest BCUT2D eigenvalue weighted by Crippen LogP contribution is -2.52. The number of piperazine rings is 1. The van der Waals surface area contributed by atoms with Crippen molar-refractivity contribution in [2.45, 2.75) is 6.54 Å².